The van der Waals surface area contributed by atoms with Crippen molar-refractivity contribution in [2.75, 3.05) is 5.32 Å². The zero-order valence-corrected chi connectivity index (χ0v) is 12.7. The molecule has 0 radical (unpaired) electrons. The predicted molar refractivity (Wildman–Crippen MR) is 76.4 cm³/mol. The summed E-state index contributed by atoms with van der Waals surface area (Å²) in [7, 11) is 0. The number of benzene rings is 1. The third-order valence-electron chi connectivity index (χ3n) is 2.67. The zero-order valence-electron chi connectivity index (χ0n) is 11.8. The number of nitrogens with zero attached hydrogens (tertiary/aromatic N) is 3. The maximum atomic E-state index is 13.0. The van der Waals surface area contributed by atoms with E-state index in [2.05, 4.69) is 15.5 Å². The highest BCUT2D eigenvalue weighted by Crippen LogP contribution is 2.25. The van der Waals surface area contributed by atoms with Gasteiger partial charge in [0, 0.05) is 5.69 Å². The van der Waals surface area contributed by atoms with Crippen molar-refractivity contribution in [2.45, 2.75) is 30.1 Å². The van der Waals surface area contributed by atoms with Crippen LogP contribution in [0.5, 0.6) is 0 Å². The number of rotatable bonds is 5. The smallest absolute Gasteiger partial charge is 0.325 e. The molecular formula is C13H12F4N4OS. The summed E-state index contributed by atoms with van der Waals surface area (Å²) in [4.78, 5) is 12.0. The highest BCUT2D eigenvalue weighted by Gasteiger charge is 2.30. The fourth-order valence-corrected chi connectivity index (χ4v) is 2.48. The van der Waals surface area contributed by atoms with Crippen molar-refractivity contribution in [2.24, 2.45) is 0 Å². The number of anilines is 1. The largest absolute Gasteiger partial charge is 0.406 e. The Hall–Kier alpha value is -2.10. The molecule has 1 atom stereocenters. The Morgan fingerprint density at radius 1 is 1.43 bits per heavy atom. The fraction of sp³-hybridized carbons (Fsp3) is 0.308. The van der Waals surface area contributed by atoms with Gasteiger partial charge < -0.3 is 5.32 Å². The van der Waals surface area contributed by atoms with E-state index >= 15 is 0 Å². The summed E-state index contributed by atoms with van der Waals surface area (Å²) in [5.74, 6) is -0.991. The molecule has 0 aliphatic carbocycles. The lowest BCUT2D eigenvalue weighted by molar-refractivity contribution is -0.142. The highest BCUT2D eigenvalue weighted by atomic mass is 32.2. The fourth-order valence-electron chi connectivity index (χ4n) is 1.66. The van der Waals surface area contributed by atoms with Crippen molar-refractivity contribution in [1.82, 2.24) is 14.8 Å². The molecule has 1 amide bonds. The van der Waals surface area contributed by atoms with Crippen LogP contribution in [0.15, 0.2) is 35.7 Å². The quantitative estimate of drug-likeness (QED) is 0.666. The number of aromatic nitrogens is 3. The number of hydrogen-bond donors (Lipinski definition) is 1. The summed E-state index contributed by atoms with van der Waals surface area (Å²) >= 11 is 0.833. The molecule has 0 unspecified atom stereocenters. The first-order valence-corrected chi connectivity index (χ1v) is 7.30. The summed E-state index contributed by atoms with van der Waals surface area (Å²) in [5, 5.41) is 8.72. The molecule has 0 aliphatic heterocycles. The number of thioether (sulfide) groups is 1. The molecule has 0 fully saturated rings. The second kappa shape index (κ2) is 6.99. The van der Waals surface area contributed by atoms with Crippen LogP contribution in [-0.4, -0.2) is 32.1 Å². The van der Waals surface area contributed by atoms with Gasteiger partial charge >= 0.3 is 6.18 Å². The van der Waals surface area contributed by atoms with E-state index in [1.807, 2.05) is 0 Å². The van der Waals surface area contributed by atoms with E-state index < -0.39 is 29.7 Å². The van der Waals surface area contributed by atoms with Gasteiger partial charge in [-0.2, -0.15) is 13.2 Å². The molecule has 1 aromatic heterocycles. The van der Waals surface area contributed by atoms with E-state index in [0.29, 0.717) is 0 Å². The van der Waals surface area contributed by atoms with Crippen LogP contribution in [0, 0.1) is 5.82 Å². The van der Waals surface area contributed by atoms with Crippen molar-refractivity contribution >= 4 is 23.4 Å². The van der Waals surface area contributed by atoms with Gasteiger partial charge in [0.2, 0.25) is 5.91 Å². The lowest BCUT2D eigenvalue weighted by Gasteiger charge is -2.13. The molecule has 1 N–H and O–H groups in total. The van der Waals surface area contributed by atoms with E-state index in [9.17, 15) is 22.4 Å². The Balaban J connectivity index is 2.00. The first kappa shape index (κ1) is 17.3. The molecule has 10 heteroatoms. The third kappa shape index (κ3) is 5.23. The molecule has 0 aliphatic rings. The van der Waals surface area contributed by atoms with E-state index in [1.165, 1.54) is 25.1 Å². The van der Waals surface area contributed by atoms with Gasteiger partial charge in [-0.05, 0) is 25.1 Å². The van der Waals surface area contributed by atoms with Gasteiger partial charge in [-0.1, -0.05) is 17.8 Å². The lowest BCUT2D eigenvalue weighted by Crippen LogP contribution is -2.24. The number of carbonyl (C=O) groups excluding carboxylic acids is 1. The van der Waals surface area contributed by atoms with E-state index in [4.69, 9.17) is 0 Å². The Bertz CT molecular complexity index is 689. The van der Waals surface area contributed by atoms with Gasteiger partial charge in [0.15, 0.2) is 5.16 Å². The average molecular weight is 348 g/mol. The number of carbonyl (C=O) groups is 1. The van der Waals surface area contributed by atoms with Gasteiger partial charge in [0.25, 0.3) is 0 Å². The van der Waals surface area contributed by atoms with Gasteiger partial charge in [-0.3, -0.25) is 9.36 Å². The first-order chi connectivity index (χ1) is 10.7. The Morgan fingerprint density at radius 3 is 2.83 bits per heavy atom. The second-order valence-corrected chi connectivity index (χ2v) is 5.92. The number of alkyl halides is 3. The number of hydrogen-bond acceptors (Lipinski definition) is 4. The van der Waals surface area contributed by atoms with Crippen molar-refractivity contribution in [3.63, 3.8) is 0 Å². The van der Waals surface area contributed by atoms with Crippen LogP contribution in [0.4, 0.5) is 23.2 Å². The number of nitrogens with one attached hydrogen (secondary N) is 1. The summed E-state index contributed by atoms with van der Waals surface area (Å²) in [6.07, 6.45) is -3.46. The molecular weight excluding hydrogens is 336 g/mol. The Kier molecular flexibility index (Phi) is 5.24. The summed E-state index contributed by atoms with van der Waals surface area (Å²) in [6, 6.07) is 5.31. The van der Waals surface area contributed by atoms with Crippen LogP contribution in [0.25, 0.3) is 0 Å². The molecule has 1 aromatic carbocycles. The number of amides is 1. The molecule has 2 rings (SSSR count). The van der Waals surface area contributed by atoms with Crippen molar-refractivity contribution in [1.29, 1.82) is 0 Å². The van der Waals surface area contributed by atoms with E-state index in [-0.39, 0.29) is 10.8 Å². The van der Waals surface area contributed by atoms with Gasteiger partial charge in [-0.15, -0.1) is 10.2 Å². The maximum absolute atomic E-state index is 13.0. The molecule has 0 saturated heterocycles. The van der Waals surface area contributed by atoms with Gasteiger partial charge in [-0.25, -0.2) is 4.39 Å². The molecule has 5 nitrogen and oxygen atoms in total. The molecule has 0 spiro atoms. The van der Waals surface area contributed by atoms with Gasteiger partial charge in [0.1, 0.15) is 18.7 Å². The minimum Gasteiger partial charge on any atom is -0.325 e. The third-order valence-corrected chi connectivity index (χ3v) is 3.77. The van der Waals surface area contributed by atoms with Crippen LogP contribution in [0.1, 0.15) is 6.92 Å². The normalized spacial score (nSPS) is 12.9. The molecule has 124 valence electrons. The highest BCUT2D eigenvalue weighted by molar-refractivity contribution is 8.00. The van der Waals surface area contributed by atoms with Crippen LogP contribution in [0.2, 0.25) is 0 Å². The van der Waals surface area contributed by atoms with Crippen LogP contribution in [0.3, 0.4) is 0 Å². The molecule has 0 saturated carbocycles. The maximum Gasteiger partial charge on any atom is 0.406 e. The van der Waals surface area contributed by atoms with Crippen LogP contribution >= 0.6 is 11.8 Å². The van der Waals surface area contributed by atoms with Crippen LogP contribution in [-0.2, 0) is 11.3 Å². The Labute approximate surface area is 133 Å². The summed E-state index contributed by atoms with van der Waals surface area (Å²) in [5.41, 5.74) is 0.263. The molecule has 1 heterocycles. The molecule has 2 aromatic rings. The monoisotopic (exact) mass is 348 g/mol. The standard InChI is InChI=1S/C13H12F4N4OS/c1-8(11(22)19-10-4-2-3-9(14)5-10)23-12-20-18-7-21(12)6-13(15,16)17/h2-5,7-8H,6H2,1H3,(H,19,22)/t8-/m0/s1. The minimum atomic E-state index is -4.41. The minimum absolute atomic E-state index is 0.0239. The summed E-state index contributed by atoms with van der Waals surface area (Å²) < 4.78 is 51.1. The first-order valence-electron chi connectivity index (χ1n) is 6.42. The summed E-state index contributed by atoms with van der Waals surface area (Å²) in [6.45, 7) is 0.270. The zero-order chi connectivity index (χ0) is 17.0. The average Bonchev–Trinajstić information content (AvgIpc) is 2.83. The number of halogens is 4. The van der Waals surface area contributed by atoms with Crippen LogP contribution < -0.4 is 5.32 Å². The van der Waals surface area contributed by atoms with E-state index in [0.717, 1.165) is 28.7 Å². The van der Waals surface area contributed by atoms with E-state index in [1.54, 1.807) is 0 Å². The van der Waals surface area contributed by atoms with Crippen molar-refractivity contribution < 1.29 is 22.4 Å². The van der Waals surface area contributed by atoms with Crippen molar-refractivity contribution in [3.8, 4) is 0 Å². The molecule has 0 bridgehead atoms. The predicted octanol–water partition coefficient (Wildman–Crippen LogP) is 3.10. The lowest BCUT2D eigenvalue weighted by atomic mass is 10.3. The van der Waals surface area contributed by atoms with Gasteiger partial charge in [0.05, 0.1) is 5.25 Å². The molecule has 23 heavy (non-hydrogen) atoms. The van der Waals surface area contributed by atoms with Crippen molar-refractivity contribution in [3.05, 3.63) is 36.4 Å². The Morgan fingerprint density at radius 2 is 2.17 bits per heavy atom. The second-order valence-electron chi connectivity index (χ2n) is 4.62. The topological polar surface area (TPSA) is 59.8 Å². The SMILES string of the molecule is C[C@H](Sc1nncn1CC(F)(F)F)C(=O)Nc1cccc(F)c1.